The van der Waals surface area contributed by atoms with Crippen LogP contribution in [-0.2, 0) is 7.05 Å². The summed E-state index contributed by atoms with van der Waals surface area (Å²) in [7, 11) is 3.59. The fourth-order valence-corrected chi connectivity index (χ4v) is 1.36. The van der Waals surface area contributed by atoms with Gasteiger partial charge in [-0.2, -0.15) is 5.10 Å². The zero-order valence-corrected chi connectivity index (χ0v) is 8.42. The van der Waals surface area contributed by atoms with Crippen LogP contribution in [0, 0.1) is 13.8 Å². The van der Waals surface area contributed by atoms with E-state index < -0.39 is 0 Å². The van der Waals surface area contributed by atoms with Crippen molar-refractivity contribution in [3.8, 4) is 0 Å². The molecule has 0 saturated carbocycles. The number of nitrogens with one attached hydrogen (secondary N) is 1. The van der Waals surface area contributed by atoms with Crippen LogP contribution in [0.25, 0.3) is 0 Å². The lowest BCUT2D eigenvalue weighted by molar-refractivity contribution is 0.731. The molecule has 0 aromatic carbocycles. The Morgan fingerprint density at radius 1 is 1.54 bits per heavy atom. The summed E-state index contributed by atoms with van der Waals surface area (Å²) in [4.78, 5) is 4.04. The zero-order valence-electron chi connectivity index (χ0n) is 8.42. The maximum absolute atomic E-state index is 5.34. The average Bonchev–Trinajstić information content (AvgIpc) is 2.34. The van der Waals surface area contributed by atoms with Gasteiger partial charge in [0.2, 0.25) is 0 Å². The Labute approximate surface area is 77.6 Å². The van der Waals surface area contributed by atoms with Gasteiger partial charge in [0.15, 0.2) is 0 Å². The largest absolute Gasteiger partial charge is 0.308 e. The van der Waals surface area contributed by atoms with Crippen molar-refractivity contribution in [3.63, 3.8) is 0 Å². The maximum atomic E-state index is 5.34. The number of aliphatic imine (C=N–C) groups is 1. The summed E-state index contributed by atoms with van der Waals surface area (Å²) in [5.74, 6) is 6.01. The number of nitrogens with two attached hydrogens (primary N) is 1. The Kier molecular flexibility index (Phi) is 2.67. The Morgan fingerprint density at radius 2 is 2.15 bits per heavy atom. The molecule has 0 fully saturated rings. The van der Waals surface area contributed by atoms with Gasteiger partial charge in [-0.05, 0) is 13.8 Å². The van der Waals surface area contributed by atoms with Crippen LogP contribution >= 0.6 is 0 Å². The molecule has 0 aliphatic carbocycles. The van der Waals surface area contributed by atoms with Crippen molar-refractivity contribution in [2.24, 2.45) is 17.9 Å². The van der Waals surface area contributed by atoms with Crippen molar-refractivity contribution in [2.75, 3.05) is 7.05 Å². The van der Waals surface area contributed by atoms with Crippen LogP contribution in [0.3, 0.4) is 0 Å². The minimum atomic E-state index is 0.670. The number of aryl methyl sites for hydroxylation is 2. The van der Waals surface area contributed by atoms with Crippen LogP contribution in [0.5, 0.6) is 0 Å². The van der Waals surface area contributed by atoms with E-state index in [0.717, 1.165) is 17.0 Å². The number of amidine groups is 1. The second kappa shape index (κ2) is 3.57. The van der Waals surface area contributed by atoms with Gasteiger partial charge in [0.1, 0.15) is 5.84 Å². The molecule has 0 aliphatic heterocycles. The first kappa shape index (κ1) is 9.73. The van der Waals surface area contributed by atoms with Gasteiger partial charge in [-0.3, -0.25) is 9.67 Å². The minimum Gasteiger partial charge on any atom is -0.308 e. The normalized spacial score (nSPS) is 11.9. The van der Waals surface area contributed by atoms with Crippen LogP contribution in [0.4, 0.5) is 0 Å². The SMILES string of the molecule is CN=C(NN)c1c(C)nn(C)c1C. The highest BCUT2D eigenvalue weighted by atomic mass is 15.3. The number of hydrogen-bond donors (Lipinski definition) is 2. The number of aromatic nitrogens is 2. The van der Waals surface area contributed by atoms with Crippen molar-refractivity contribution >= 4 is 5.84 Å². The third-order valence-electron chi connectivity index (χ3n) is 2.11. The zero-order chi connectivity index (χ0) is 10.0. The molecule has 0 spiro atoms. The number of rotatable bonds is 1. The van der Waals surface area contributed by atoms with Crippen molar-refractivity contribution < 1.29 is 0 Å². The molecular formula is C8H15N5. The molecule has 1 heterocycles. The van der Waals surface area contributed by atoms with Crippen molar-refractivity contribution in [1.82, 2.24) is 15.2 Å². The van der Waals surface area contributed by atoms with Gasteiger partial charge in [0, 0.05) is 19.8 Å². The third kappa shape index (κ3) is 1.55. The molecule has 0 atom stereocenters. The molecule has 0 aliphatic rings. The van der Waals surface area contributed by atoms with E-state index in [1.165, 1.54) is 0 Å². The summed E-state index contributed by atoms with van der Waals surface area (Å²) in [6, 6.07) is 0. The Morgan fingerprint density at radius 3 is 2.46 bits per heavy atom. The topological polar surface area (TPSA) is 68.2 Å². The first-order valence-electron chi connectivity index (χ1n) is 4.05. The minimum absolute atomic E-state index is 0.670. The summed E-state index contributed by atoms with van der Waals surface area (Å²) < 4.78 is 1.81. The molecule has 0 unspecified atom stereocenters. The van der Waals surface area contributed by atoms with Gasteiger partial charge >= 0.3 is 0 Å². The molecule has 0 radical (unpaired) electrons. The first-order chi connectivity index (χ1) is 6.11. The summed E-state index contributed by atoms with van der Waals surface area (Å²) in [6.45, 7) is 3.92. The van der Waals surface area contributed by atoms with Gasteiger partial charge in [-0.25, -0.2) is 5.84 Å². The molecule has 0 amide bonds. The van der Waals surface area contributed by atoms with Gasteiger partial charge in [-0.15, -0.1) is 0 Å². The van der Waals surface area contributed by atoms with E-state index in [-0.39, 0.29) is 0 Å². The van der Waals surface area contributed by atoms with Gasteiger partial charge in [-0.1, -0.05) is 0 Å². The Bertz CT molecular complexity index is 337. The molecule has 1 aromatic rings. The van der Waals surface area contributed by atoms with E-state index in [1.807, 2.05) is 25.6 Å². The highest BCUT2D eigenvalue weighted by Gasteiger charge is 2.13. The molecule has 5 nitrogen and oxygen atoms in total. The Hall–Kier alpha value is -1.36. The molecule has 5 heteroatoms. The second-order valence-corrected chi connectivity index (χ2v) is 2.89. The van der Waals surface area contributed by atoms with Gasteiger partial charge < -0.3 is 5.43 Å². The lowest BCUT2D eigenvalue weighted by Gasteiger charge is -2.04. The van der Waals surface area contributed by atoms with Crippen molar-refractivity contribution in [1.29, 1.82) is 0 Å². The molecular weight excluding hydrogens is 166 g/mol. The van der Waals surface area contributed by atoms with E-state index in [9.17, 15) is 0 Å². The van der Waals surface area contributed by atoms with E-state index in [0.29, 0.717) is 5.84 Å². The fraction of sp³-hybridized carbons (Fsp3) is 0.500. The maximum Gasteiger partial charge on any atom is 0.145 e. The predicted molar refractivity (Wildman–Crippen MR) is 52.5 cm³/mol. The summed E-state index contributed by atoms with van der Waals surface area (Å²) in [5, 5.41) is 4.27. The van der Waals surface area contributed by atoms with E-state index in [1.54, 1.807) is 7.05 Å². The number of hydrazine groups is 1. The van der Waals surface area contributed by atoms with Crippen molar-refractivity contribution in [3.05, 3.63) is 17.0 Å². The first-order valence-corrected chi connectivity index (χ1v) is 4.05. The van der Waals surface area contributed by atoms with Gasteiger partial charge in [0.05, 0.1) is 11.3 Å². The predicted octanol–water partition coefficient (Wildman–Crippen LogP) is -0.123. The van der Waals surface area contributed by atoms with E-state index >= 15 is 0 Å². The molecule has 3 N–H and O–H groups in total. The van der Waals surface area contributed by atoms with E-state index in [2.05, 4.69) is 15.5 Å². The standard InChI is InChI=1S/C8H15N5/c1-5-7(8(10-3)11-9)6(2)13(4)12-5/h9H2,1-4H3,(H,10,11). The summed E-state index contributed by atoms with van der Waals surface area (Å²) in [5.41, 5.74) is 5.52. The second-order valence-electron chi connectivity index (χ2n) is 2.89. The van der Waals surface area contributed by atoms with Crippen LogP contribution < -0.4 is 11.3 Å². The van der Waals surface area contributed by atoms with Crippen LogP contribution in [0.1, 0.15) is 17.0 Å². The van der Waals surface area contributed by atoms with Crippen LogP contribution in [-0.4, -0.2) is 22.7 Å². The summed E-state index contributed by atoms with van der Waals surface area (Å²) in [6.07, 6.45) is 0. The molecule has 13 heavy (non-hydrogen) atoms. The molecule has 0 bridgehead atoms. The fourth-order valence-electron chi connectivity index (χ4n) is 1.36. The smallest absolute Gasteiger partial charge is 0.145 e. The molecule has 1 aromatic heterocycles. The number of nitrogens with zero attached hydrogens (tertiary/aromatic N) is 3. The monoisotopic (exact) mass is 181 g/mol. The van der Waals surface area contributed by atoms with E-state index in [4.69, 9.17) is 5.84 Å². The lowest BCUT2D eigenvalue weighted by Crippen LogP contribution is -2.31. The Balaban J connectivity index is 3.28. The highest BCUT2D eigenvalue weighted by Crippen LogP contribution is 2.11. The van der Waals surface area contributed by atoms with Crippen LogP contribution in [0.2, 0.25) is 0 Å². The molecule has 72 valence electrons. The summed E-state index contributed by atoms with van der Waals surface area (Å²) >= 11 is 0. The van der Waals surface area contributed by atoms with Crippen molar-refractivity contribution in [2.45, 2.75) is 13.8 Å². The number of hydrogen-bond acceptors (Lipinski definition) is 3. The van der Waals surface area contributed by atoms with Crippen LogP contribution in [0.15, 0.2) is 4.99 Å². The van der Waals surface area contributed by atoms with Gasteiger partial charge in [0.25, 0.3) is 0 Å². The molecule has 1 rings (SSSR count). The molecule has 0 saturated heterocycles. The average molecular weight is 181 g/mol. The lowest BCUT2D eigenvalue weighted by atomic mass is 10.2. The quantitative estimate of drug-likeness (QED) is 0.274. The third-order valence-corrected chi connectivity index (χ3v) is 2.11. The highest BCUT2D eigenvalue weighted by molar-refractivity contribution is 6.00.